The van der Waals surface area contributed by atoms with Gasteiger partial charge in [-0.1, -0.05) is 20.8 Å². The molecule has 16 heavy (non-hydrogen) atoms. The van der Waals surface area contributed by atoms with Crippen molar-refractivity contribution in [3.05, 3.63) is 0 Å². The quantitative estimate of drug-likeness (QED) is 0.674. The molecule has 0 aliphatic rings. The molecule has 0 amide bonds. The van der Waals surface area contributed by atoms with Crippen LogP contribution in [0.4, 0.5) is 0 Å². The molecule has 0 spiro atoms. The molecule has 0 atom stereocenters. The average molecular weight is 261 g/mol. The lowest BCUT2D eigenvalue weighted by Gasteiger charge is -2.33. The summed E-state index contributed by atoms with van der Waals surface area (Å²) >= 11 is 0. The van der Waals surface area contributed by atoms with Gasteiger partial charge in [-0.3, -0.25) is 4.79 Å². The van der Waals surface area contributed by atoms with Crippen LogP contribution in [0.3, 0.4) is 0 Å². The largest absolute Gasteiger partial charge is 0.455 e. The standard InChI is InChI=1S/C12H28O2Si2/c1-9-12(2,3)11(13)10-16(7,8)14-15(4,5)6/h9-10H2,1-8H3. The molecular formula is C12H28O2Si2. The number of hydrogen-bond donors (Lipinski definition) is 0. The Balaban J connectivity index is 4.55. The van der Waals surface area contributed by atoms with Crippen molar-refractivity contribution < 1.29 is 8.91 Å². The van der Waals surface area contributed by atoms with Crippen LogP contribution in [0.15, 0.2) is 0 Å². The zero-order chi connectivity index (χ0) is 13.2. The zero-order valence-electron chi connectivity index (χ0n) is 12.2. The smallest absolute Gasteiger partial charge is 0.180 e. The molecule has 0 unspecified atom stereocenters. The molecule has 0 rings (SSSR count). The Kier molecular flexibility index (Phi) is 5.17. The van der Waals surface area contributed by atoms with E-state index in [4.69, 9.17) is 4.12 Å². The second-order valence-electron chi connectivity index (χ2n) is 6.81. The molecule has 0 aromatic carbocycles. The lowest BCUT2D eigenvalue weighted by Crippen LogP contribution is -2.45. The summed E-state index contributed by atoms with van der Waals surface area (Å²) in [6.45, 7) is 17.0. The summed E-state index contributed by atoms with van der Waals surface area (Å²) in [5.41, 5.74) is -0.187. The van der Waals surface area contributed by atoms with E-state index in [1.54, 1.807) is 0 Å². The molecule has 2 nitrogen and oxygen atoms in total. The van der Waals surface area contributed by atoms with Crippen molar-refractivity contribution in [3.8, 4) is 0 Å². The maximum absolute atomic E-state index is 12.2. The first-order chi connectivity index (χ1) is 6.90. The van der Waals surface area contributed by atoms with Crippen molar-refractivity contribution in [2.24, 2.45) is 5.41 Å². The minimum Gasteiger partial charge on any atom is -0.455 e. The van der Waals surface area contributed by atoms with Crippen molar-refractivity contribution in [1.29, 1.82) is 0 Å². The molecule has 0 aliphatic carbocycles. The fourth-order valence-corrected chi connectivity index (χ4v) is 9.86. The van der Waals surface area contributed by atoms with E-state index in [0.717, 1.165) is 6.42 Å². The number of Topliss-reactive ketones (excluding diaryl/α,β-unsaturated/α-hetero) is 1. The second kappa shape index (κ2) is 5.15. The van der Waals surface area contributed by atoms with Crippen LogP contribution in [0.1, 0.15) is 27.2 Å². The van der Waals surface area contributed by atoms with Crippen molar-refractivity contribution in [2.75, 3.05) is 0 Å². The number of hydrogen-bond acceptors (Lipinski definition) is 2. The zero-order valence-corrected chi connectivity index (χ0v) is 14.2. The highest BCUT2D eigenvalue weighted by atomic mass is 28.4. The molecule has 0 saturated heterocycles. The third-order valence-corrected chi connectivity index (χ3v) is 8.64. The molecule has 0 aromatic rings. The molecular weight excluding hydrogens is 232 g/mol. The highest BCUT2D eigenvalue weighted by molar-refractivity contribution is 6.85. The first kappa shape index (κ1) is 16.1. The SMILES string of the molecule is CCC(C)(C)C(=O)C[Si](C)(C)O[Si](C)(C)C. The van der Waals surface area contributed by atoms with Crippen molar-refractivity contribution in [3.63, 3.8) is 0 Å². The van der Waals surface area contributed by atoms with Gasteiger partial charge in [0.15, 0.2) is 16.6 Å². The van der Waals surface area contributed by atoms with Gasteiger partial charge in [0.1, 0.15) is 5.78 Å². The van der Waals surface area contributed by atoms with Gasteiger partial charge in [0.05, 0.1) is 0 Å². The van der Waals surface area contributed by atoms with Gasteiger partial charge in [0.25, 0.3) is 0 Å². The normalized spacial score (nSPS) is 14.0. The molecule has 4 heteroatoms. The molecule has 0 radical (unpaired) electrons. The van der Waals surface area contributed by atoms with E-state index in [-0.39, 0.29) is 5.41 Å². The first-order valence-electron chi connectivity index (χ1n) is 6.13. The van der Waals surface area contributed by atoms with Crippen molar-refractivity contribution >= 4 is 22.4 Å². The minimum absolute atomic E-state index is 0.187. The number of ketones is 1. The Hall–Kier alpha value is 0.0638. The van der Waals surface area contributed by atoms with Crippen LogP contribution in [0.5, 0.6) is 0 Å². The maximum Gasteiger partial charge on any atom is 0.180 e. The Morgan fingerprint density at radius 2 is 1.56 bits per heavy atom. The topological polar surface area (TPSA) is 26.3 Å². The summed E-state index contributed by atoms with van der Waals surface area (Å²) in [7, 11) is -3.33. The minimum atomic E-state index is -1.82. The maximum atomic E-state index is 12.2. The lowest BCUT2D eigenvalue weighted by atomic mass is 9.86. The van der Waals surface area contributed by atoms with E-state index in [9.17, 15) is 4.79 Å². The van der Waals surface area contributed by atoms with Gasteiger partial charge < -0.3 is 4.12 Å². The van der Waals surface area contributed by atoms with Crippen molar-refractivity contribution in [2.45, 2.75) is 66.0 Å². The summed E-state index contributed by atoms with van der Waals surface area (Å²) in [6.07, 6.45) is 0.906. The van der Waals surface area contributed by atoms with Gasteiger partial charge in [0.2, 0.25) is 0 Å². The van der Waals surface area contributed by atoms with Crippen LogP contribution in [0.25, 0.3) is 0 Å². The van der Waals surface area contributed by atoms with Crippen LogP contribution in [0.2, 0.25) is 38.8 Å². The van der Waals surface area contributed by atoms with E-state index >= 15 is 0 Å². The molecule has 96 valence electrons. The summed E-state index contributed by atoms with van der Waals surface area (Å²) in [6, 6.07) is 0.651. The lowest BCUT2D eigenvalue weighted by molar-refractivity contribution is -0.125. The molecule has 0 aliphatic heterocycles. The second-order valence-corrected chi connectivity index (χ2v) is 15.7. The third kappa shape index (κ3) is 5.96. The highest BCUT2D eigenvalue weighted by Gasteiger charge is 2.36. The van der Waals surface area contributed by atoms with Gasteiger partial charge in [-0.05, 0) is 39.2 Å². The number of carbonyl (C=O) groups is 1. The Morgan fingerprint density at radius 3 is 1.88 bits per heavy atom. The van der Waals surface area contributed by atoms with Crippen LogP contribution >= 0.6 is 0 Å². The molecule has 0 heterocycles. The monoisotopic (exact) mass is 260 g/mol. The van der Waals surface area contributed by atoms with Gasteiger partial charge in [0, 0.05) is 11.5 Å². The molecule has 0 N–H and O–H groups in total. The third-order valence-electron chi connectivity index (χ3n) is 2.81. The van der Waals surface area contributed by atoms with Gasteiger partial charge in [-0.2, -0.15) is 0 Å². The van der Waals surface area contributed by atoms with E-state index in [2.05, 4.69) is 39.7 Å². The summed E-state index contributed by atoms with van der Waals surface area (Å²) < 4.78 is 6.19. The predicted octanol–water partition coefficient (Wildman–Crippen LogP) is 4.05. The van der Waals surface area contributed by atoms with Gasteiger partial charge in [-0.25, -0.2) is 0 Å². The summed E-state index contributed by atoms with van der Waals surface area (Å²) in [5.74, 6) is 0.366. The van der Waals surface area contributed by atoms with E-state index < -0.39 is 16.6 Å². The first-order valence-corrected chi connectivity index (χ1v) is 12.7. The van der Waals surface area contributed by atoms with E-state index in [0.29, 0.717) is 11.8 Å². The molecule has 0 saturated carbocycles. The molecule has 0 aromatic heterocycles. The Labute approximate surface area is 103 Å². The van der Waals surface area contributed by atoms with Crippen molar-refractivity contribution in [1.82, 2.24) is 0 Å². The Bertz CT molecular complexity index is 252. The summed E-state index contributed by atoms with van der Waals surface area (Å²) in [4.78, 5) is 12.2. The number of carbonyl (C=O) groups excluding carboxylic acids is 1. The molecule has 0 fully saturated rings. The summed E-state index contributed by atoms with van der Waals surface area (Å²) in [5, 5.41) is 0. The average Bonchev–Trinajstić information content (AvgIpc) is 1.98. The van der Waals surface area contributed by atoms with E-state index in [1.165, 1.54) is 0 Å². The van der Waals surface area contributed by atoms with Gasteiger partial charge >= 0.3 is 0 Å². The fourth-order valence-electron chi connectivity index (χ4n) is 1.69. The van der Waals surface area contributed by atoms with Crippen LogP contribution in [0, 0.1) is 5.41 Å². The fraction of sp³-hybridized carbons (Fsp3) is 0.917. The van der Waals surface area contributed by atoms with E-state index in [1.807, 2.05) is 13.8 Å². The highest BCUT2D eigenvalue weighted by Crippen LogP contribution is 2.28. The Morgan fingerprint density at radius 1 is 1.12 bits per heavy atom. The van der Waals surface area contributed by atoms with Crippen LogP contribution < -0.4 is 0 Å². The van der Waals surface area contributed by atoms with Crippen LogP contribution in [-0.2, 0) is 8.91 Å². The number of rotatable bonds is 6. The van der Waals surface area contributed by atoms with Gasteiger partial charge in [-0.15, -0.1) is 0 Å². The van der Waals surface area contributed by atoms with Crippen LogP contribution in [-0.4, -0.2) is 22.4 Å². The predicted molar refractivity (Wildman–Crippen MR) is 75.8 cm³/mol. The molecule has 0 bridgehead atoms.